The van der Waals surface area contributed by atoms with Gasteiger partial charge in [-0.25, -0.2) is 9.18 Å². The minimum Gasteiger partial charge on any atom is -0.495 e. The third-order valence-electron chi connectivity index (χ3n) is 3.92. The minimum absolute atomic E-state index is 0.138. The third-order valence-corrected chi connectivity index (χ3v) is 3.92. The zero-order chi connectivity index (χ0) is 16.7. The van der Waals surface area contributed by atoms with Gasteiger partial charge in [-0.1, -0.05) is 0 Å². The maximum absolute atomic E-state index is 13.6. The van der Waals surface area contributed by atoms with Gasteiger partial charge in [0.25, 0.3) is 0 Å². The quantitative estimate of drug-likeness (QED) is 0.688. The van der Waals surface area contributed by atoms with E-state index in [2.05, 4.69) is 0 Å². The predicted octanol–water partition coefficient (Wildman–Crippen LogP) is 2.05. The monoisotopic (exact) mass is 320 g/mol. The lowest BCUT2D eigenvalue weighted by molar-refractivity contribution is 0.0524. The molecule has 1 aromatic heterocycles. The van der Waals surface area contributed by atoms with Crippen molar-refractivity contribution in [3.8, 4) is 5.75 Å². The van der Waals surface area contributed by atoms with Gasteiger partial charge in [-0.15, -0.1) is 0 Å². The maximum Gasteiger partial charge on any atom is 0.343 e. The van der Waals surface area contributed by atoms with Crippen LogP contribution in [-0.2, 0) is 4.74 Å². The molecule has 122 valence electrons. The Morgan fingerprint density at radius 1 is 1.48 bits per heavy atom. The van der Waals surface area contributed by atoms with Crippen LogP contribution in [0.4, 0.5) is 10.1 Å². The summed E-state index contributed by atoms with van der Waals surface area (Å²) in [6.07, 6.45) is 0.634. The number of hydrogen-bond donors (Lipinski definition) is 1. The van der Waals surface area contributed by atoms with Crippen LogP contribution in [0.2, 0.25) is 0 Å². The Morgan fingerprint density at radius 2 is 2.17 bits per heavy atom. The molecule has 7 heteroatoms. The summed E-state index contributed by atoms with van der Waals surface area (Å²) in [7, 11) is 1.46. The van der Waals surface area contributed by atoms with Crippen molar-refractivity contribution in [2.45, 2.75) is 25.6 Å². The van der Waals surface area contributed by atoms with E-state index in [1.807, 2.05) is 0 Å². The number of nitrogens with zero attached hydrogens (tertiary/aromatic N) is 1. The number of rotatable bonds is 4. The number of carbonyl (C=O) groups is 1. The van der Waals surface area contributed by atoms with Gasteiger partial charge < -0.3 is 19.8 Å². The molecule has 2 atom stereocenters. The number of esters is 1. The highest BCUT2D eigenvalue weighted by Crippen LogP contribution is 2.42. The summed E-state index contributed by atoms with van der Waals surface area (Å²) < 4.78 is 25.4. The molecule has 6 nitrogen and oxygen atoms in total. The van der Waals surface area contributed by atoms with Crippen LogP contribution in [0.25, 0.3) is 10.9 Å². The van der Waals surface area contributed by atoms with Gasteiger partial charge in [-0.3, -0.25) is 4.79 Å². The molecular formula is C16H17FN2O4. The molecule has 0 bridgehead atoms. The van der Waals surface area contributed by atoms with Crippen LogP contribution in [0.1, 0.15) is 29.7 Å². The van der Waals surface area contributed by atoms with Gasteiger partial charge in [0.15, 0.2) is 0 Å². The van der Waals surface area contributed by atoms with Gasteiger partial charge in [0.1, 0.15) is 17.5 Å². The number of methoxy groups -OCH3 is 1. The van der Waals surface area contributed by atoms with E-state index in [1.54, 1.807) is 17.6 Å². The molecule has 0 unspecified atom stereocenters. The number of carbonyl (C=O) groups excluding carboxylic acids is 1. The maximum atomic E-state index is 13.6. The van der Waals surface area contributed by atoms with Crippen molar-refractivity contribution in [3.05, 3.63) is 34.1 Å². The largest absolute Gasteiger partial charge is 0.495 e. The zero-order valence-electron chi connectivity index (χ0n) is 12.8. The number of halogens is 1. The van der Waals surface area contributed by atoms with Crippen molar-refractivity contribution >= 4 is 22.6 Å². The normalized spacial score (nSPS) is 19.6. The second-order valence-corrected chi connectivity index (χ2v) is 5.40. The van der Waals surface area contributed by atoms with Gasteiger partial charge in [0.2, 0.25) is 5.43 Å². The molecule has 3 rings (SSSR count). The number of fused-ring (bicyclic) bond motifs is 1. The Kier molecular flexibility index (Phi) is 3.71. The average molecular weight is 320 g/mol. The standard InChI is InChI=1S/C16H17FN2O4/c1-3-23-16(21)8-7-19(11-6-9(11)17)14-12(22-2)5-4-10(18)13(14)15(8)20/h4-5,7,9,11H,3,6,18H2,1-2H3/t9-,11+/m0/s1. The first-order valence-corrected chi connectivity index (χ1v) is 7.32. The molecule has 0 radical (unpaired) electrons. The molecule has 1 aromatic carbocycles. The molecule has 2 aromatic rings. The molecule has 2 N–H and O–H groups in total. The second-order valence-electron chi connectivity index (χ2n) is 5.40. The van der Waals surface area contributed by atoms with E-state index in [0.717, 1.165) is 0 Å². The Morgan fingerprint density at radius 3 is 2.74 bits per heavy atom. The van der Waals surface area contributed by atoms with E-state index < -0.39 is 23.6 Å². The van der Waals surface area contributed by atoms with Crippen molar-refractivity contribution in [1.29, 1.82) is 0 Å². The first-order valence-electron chi connectivity index (χ1n) is 7.32. The number of nitrogen functional groups attached to an aromatic ring is 1. The van der Waals surface area contributed by atoms with Gasteiger partial charge in [-0.2, -0.15) is 0 Å². The van der Waals surface area contributed by atoms with E-state index in [-0.39, 0.29) is 23.2 Å². The second kappa shape index (κ2) is 5.57. The highest BCUT2D eigenvalue weighted by Gasteiger charge is 2.40. The van der Waals surface area contributed by atoms with E-state index >= 15 is 0 Å². The van der Waals surface area contributed by atoms with Crippen LogP contribution >= 0.6 is 0 Å². The van der Waals surface area contributed by atoms with Gasteiger partial charge >= 0.3 is 5.97 Å². The summed E-state index contributed by atoms with van der Waals surface area (Å²) in [5.41, 5.74) is 5.85. The molecule has 0 aliphatic heterocycles. The van der Waals surface area contributed by atoms with Crippen molar-refractivity contribution in [3.63, 3.8) is 0 Å². The fraction of sp³-hybridized carbons (Fsp3) is 0.375. The number of alkyl halides is 1. The first kappa shape index (κ1) is 15.3. The summed E-state index contributed by atoms with van der Waals surface area (Å²) >= 11 is 0. The Hall–Kier alpha value is -2.57. The number of anilines is 1. The minimum atomic E-state index is -1.03. The lowest BCUT2D eigenvalue weighted by Gasteiger charge is -2.16. The van der Waals surface area contributed by atoms with Crippen LogP contribution in [-0.4, -0.2) is 30.4 Å². The van der Waals surface area contributed by atoms with Crippen molar-refractivity contribution in [2.75, 3.05) is 19.5 Å². The van der Waals surface area contributed by atoms with Crippen LogP contribution in [0.5, 0.6) is 5.75 Å². The van der Waals surface area contributed by atoms with Crippen LogP contribution in [0.15, 0.2) is 23.1 Å². The highest BCUT2D eigenvalue weighted by molar-refractivity contribution is 6.00. The molecule has 1 aliphatic rings. The Bertz CT molecular complexity index is 846. The lowest BCUT2D eigenvalue weighted by atomic mass is 10.1. The molecule has 0 spiro atoms. The number of nitrogens with two attached hydrogens (primary N) is 1. The van der Waals surface area contributed by atoms with Crippen LogP contribution < -0.4 is 15.9 Å². The molecular weight excluding hydrogens is 303 g/mol. The summed E-state index contributed by atoms with van der Waals surface area (Å²) in [4.78, 5) is 24.7. The van der Waals surface area contributed by atoms with Crippen molar-refractivity contribution < 1.29 is 18.7 Å². The fourth-order valence-electron chi connectivity index (χ4n) is 2.70. The molecule has 1 fully saturated rings. The Balaban J connectivity index is 2.37. The van der Waals surface area contributed by atoms with Gasteiger partial charge in [-0.05, 0) is 19.1 Å². The molecule has 0 amide bonds. The van der Waals surface area contributed by atoms with Crippen LogP contribution in [0.3, 0.4) is 0 Å². The number of aromatic nitrogens is 1. The molecule has 23 heavy (non-hydrogen) atoms. The van der Waals surface area contributed by atoms with Gasteiger partial charge in [0, 0.05) is 18.3 Å². The van der Waals surface area contributed by atoms with E-state index in [4.69, 9.17) is 15.2 Å². The number of ether oxygens (including phenoxy) is 2. The van der Waals surface area contributed by atoms with Crippen molar-refractivity contribution in [1.82, 2.24) is 4.57 Å². The lowest BCUT2D eigenvalue weighted by Crippen LogP contribution is -2.22. The van der Waals surface area contributed by atoms with E-state index in [1.165, 1.54) is 19.4 Å². The number of pyridine rings is 1. The van der Waals surface area contributed by atoms with Crippen LogP contribution in [0, 0.1) is 0 Å². The summed E-state index contributed by atoms with van der Waals surface area (Å²) in [5.74, 6) is -0.341. The molecule has 1 saturated carbocycles. The van der Waals surface area contributed by atoms with Gasteiger partial charge in [0.05, 0.1) is 30.7 Å². The molecule has 0 saturated heterocycles. The topological polar surface area (TPSA) is 83.6 Å². The summed E-state index contributed by atoms with van der Waals surface area (Å²) in [5, 5.41) is 0.147. The fourth-order valence-corrected chi connectivity index (χ4v) is 2.70. The molecule has 1 aliphatic carbocycles. The number of hydrogen-bond acceptors (Lipinski definition) is 5. The zero-order valence-corrected chi connectivity index (χ0v) is 12.8. The summed E-state index contributed by atoms with van der Waals surface area (Å²) in [6, 6.07) is 2.71. The smallest absolute Gasteiger partial charge is 0.343 e. The predicted molar refractivity (Wildman–Crippen MR) is 83.7 cm³/mol. The van der Waals surface area contributed by atoms with E-state index in [9.17, 15) is 14.0 Å². The van der Waals surface area contributed by atoms with Crippen molar-refractivity contribution in [2.24, 2.45) is 0 Å². The Labute approximate surface area is 131 Å². The SMILES string of the molecule is CCOC(=O)c1cn([C@@H]2C[C@@H]2F)c2c(OC)ccc(N)c2c1=O. The average Bonchev–Trinajstić information content (AvgIpc) is 3.24. The summed E-state index contributed by atoms with van der Waals surface area (Å²) in [6.45, 7) is 1.78. The third kappa shape index (κ3) is 2.42. The molecule has 1 heterocycles. The highest BCUT2D eigenvalue weighted by atomic mass is 19.1. The van der Waals surface area contributed by atoms with E-state index in [0.29, 0.717) is 17.7 Å². The number of benzene rings is 1. The first-order chi connectivity index (χ1) is 11.0.